The molecule has 0 aromatic heterocycles. The Hall–Kier alpha value is -2.75. The lowest BCUT2D eigenvalue weighted by Gasteiger charge is -2.43. The molecule has 1 rings (SSSR count). The van der Waals surface area contributed by atoms with Crippen LogP contribution in [-0.2, 0) is 23.9 Å². The summed E-state index contributed by atoms with van der Waals surface area (Å²) in [6.45, 7) is 16.7. The van der Waals surface area contributed by atoms with E-state index in [0.29, 0.717) is 17.7 Å². The van der Waals surface area contributed by atoms with Crippen LogP contribution in [0, 0.1) is 13.8 Å². The Morgan fingerprint density at radius 1 is 1.05 bits per heavy atom. The first kappa shape index (κ1) is 34.3. The largest absolute Gasteiger partial charge is 0.466 e. The predicted molar refractivity (Wildman–Crippen MR) is 156 cm³/mol. The van der Waals surface area contributed by atoms with E-state index in [1.54, 1.807) is 39.5 Å². The summed E-state index contributed by atoms with van der Waals surface area (Å²) in [5, 5.41) is 5.57. The second-order valence-electron chi connectivity index (χ2n) is 11.5. The molecule has 3 amide bonds. The number of aryl methyl sites for hydroxylation is 2. The number of nitrogens with one attached hydrogen (secondary N) is 2. The van der Waals surface area contributed by atoms with Gasteiger partial charge in [-0.15, -0.1) is 0 Å². The average Bonchev–Trinajstić information content (AvgIpc) is 2.78. The number of ether oxygens (including phenoxy) is 2. The van der Waals surface area contributed by atoms with Crippen molar-refractivity contribution in [3.63, 3.8) is 0 Å². The molecule has 9 nitrogen and oxygen atoms in total. The van der Waals surface area contributed by atoms with Gasteiger partial charge in [0.2, 0.25) is 11.8 Å². The van der Waals surface area contributed by atoms with E-state index in [4.69, 9.17) is 9.47 Å². The van der Waals surface area contributed by atoms with Crippen molar-refractivity contribution in [1.82, 2.24) is 15.5 Å². The van der Waals surface area contributed by atoms with Gasteiger partial charge in [-0.2, -0.15) is 11.8 Å². The first-order valence-corrected chi connectivity index (χ1v) is 14.7. The van der Waals surface area contributed by atoms with Gasteiger partial charge >= 0.3 is 12.1 Å². The van der Waals surface area contributed by atoms with Crippen LogP contribution in [0.1, 0.15) is 84.0 Å². The highest BCUT2D eigenvalue weighted by atomic mass is 32.2. The van der Waals surface area contributed by atoms with Gasteiger partial charge in [-0.1, -0.05) is 23.8 Å². The third kappa shape index (κ3) is 11.5. The van der Waals surface area contributed by atoms with Crippen LogP contribution in [0.25, 0.3) is 0 Å². The van der Waals surface area contributed by atoms with Crippen LogP contribution in [0.4, 0.5) is 4.79 Å². The molecule has 2 N–H and O–H groups in total. The van der Waals surface area contributed by atoms with Crippen LogP contribution in [-0.4, -0.2) is 71.1 Å². The van der Waals surface area contributed by atoms with Gasteiger partial charge in [0.15, 0.2) is 0 Å². The van der Waals surface area contributed by atoms with E-state index in [1.807, 2.05) is 59.1 Å². The van der Waals surface area contributed by atoms with E-state index >= 15 is 0 Å². The molecule has 220 valence electrons. The van der Waals surface area contributed by atoms with Crippen LogP contribution in [0.3, 0.4) is 0 Å². The Morgan fingerprint density at radius 2 is 1.69 bits per heavy atom. The summed E-state index contributed by atoms with van der Waals surface area (Å²) >= 11 is 1.55. The second-order valence-corrected chi connectivity index (χ2v) is 12.5. The van der Waals surface area contributed by atoms with Crippen molar-refractivity contribution in [2.45, 2.75) is 98.4 Å². The summed E-state index contributed by atoms with van der Waals surface area (Å²) < 4.78 is 10.4. The van der Waals surface area contributed by atoms with Crippen LogP contribution >= 0.6 is 11.8 Å². The molecule has 2 unspecified atom stereocenters. The molecule has 0 spiro atoms. The van der Waals surface area contributed by atoms with Crippen molar-refractivity contribution in [3.05, 3.63) is 34.9 Å². The summed E-state index contributed by atoms with van der Waals surface area (Å²) in [5.41, 5.74) is 1.00. The minimum absolute atomic E-state index is 0.0131. The molecule has 0 saturated heterocycles. The van der Waals surface area contributed by atoms with E-state index in [0.717, 1.165) is 11.1 Å². The highest BCUT2D eigenvalue weighted by molar-refractivity contribution is 7.98. The van der Waals surface area contributed by atoms with Gasteiger partial charge in [-0.3, -0.25) is 14.4 Å². The van der Waals surface area contributed by atoms with Crippen molar-refractivity contribution < 1.29 is 28.7 Å². The monoisotopic (exact) mass is 565 g/mol. The number of hydrogen-bond acceptors (Lipinski definition) is 7. The number of carbonyl (C=O) groups excluding carboxylic acids is 4. The normalized spacial score (nSPS) is 13.2. The fourth-order valence-corrected chi connectivity index (χ4v) is 4.57. The van der Waals surface area contributed by atoms with Gasteiger partial charge < -0.3 is 25.0 Å². The standard InChI is InChI=1S/C29H47N3O6S/c1-11-37-23(33)14-16-30-25(34)24(21-13-12-19(2)18-20(21)3)32(28(4,5)6)26(35)22(15-17-39-10)31-27(36)38-29(7,8)9/h12-13,18,22,24H,11,14-17H2,1-10H3,(H,30,34)(H,31,36). The topological polar surface area (TPSA) is 114 Å². The summed E-state index contributed by atoms with van der Waals surface area (Å²) in [7, 11) is 0. The van der Waals surface area contributed by atoms with Gasteiger partial charge in [0.05, 0.1) is 13.0 Å². The number of esters is 1. The summed E-state index contributed by atoms with van der Waals surface area (Å²) in [4.78, 5) is 54.1. The summed E-state index contributed by atoms with van der Waals surface area (Å²) in [5.74, 6) is -0.615. The number of nitrogens with zero attached hydrogens (tertiary/aromatic N) is 1. The number of amides is 3. The number of hydrogen-bond donors (Lipinski definition) is 2. The maximum atomic E-state index is 14.3. The number of rotatable bonds is 12. The second kappa shape index (κ2) is 15.1. The van der Waals surface area contributed by atoms with Crippen LogP contribution in [0.15, 0.2) is 18.2 Å². The first-order chi connectivity index (χ1) is 18.0. The number of alkyl carbamates (subject to hydrolysis) is 1. The molecule has 0 bridgehead atoms. The minimum atomic E-state index is -1.00. The fraction of sp³-hybridized carbons (Fsp3) is 0.655. The van der Waals surface area contributed by atoms with Gasteiger partial charge in [0.25, 0.3) is 0 Å². The highest BCUT2D eigenvalue weighted by Gasteiger charge is 2.42. The van der Waals surface area contributed by atoms with Crippen molar-refractivity contribution in [1.29, 1.82) is 0 Å². The van der Waals surface area contributed by atoms with Crippen molar-refractivity contribution in [2.75, 3.05) is 25.2 Å². The molecule has 39 heavy (non-hydrogen) atoms. The molecule has 0 aliphatic carbocycles. The predicted octanol–water partition coefficient (Wildman–Crippen LogP) is 4.69. The summed E-state index contributed by atoms with van der Waals surface area (Å²) in [6, 6.07) is 3.80. The highest BCUT2D eigenvalue weighted by Crippen LogP contribution is 2.32. The molecule has 0 fully saturated rings. The molecule has 10 heteroatoms. The van der Waals surface area contributed by atoms with Gasteiger partial charge in [-0.05, 0) is 91.9 Å². The first-order valence-electron chi connectivity index (χ1n) is 13.3. The maximum absolute atomic E-state index is 14.3. The van der Waals surface area contributed by atoms with E-state index in [9.17, 15) is 19.2 Å². The lowest BCUT2D eigenvalue weighted by atomic mass is 9.92. The molecule has 2 atom stereocenters. The van der Waals surface area contributed by atoms with E-state index < -0.39 is 47.1 Å². The molecular weight excluding hydrogens is 518 g/mol. The lowest BCUT2D eigenvalue weighted by Crippen LogP contribution is -2.59. The molecule has 1 aromatic carbocycles. The zero-order valence-electron chi connectivity index (χ0n) is 25.2. The lowest BCUT2D eigenvalue weighted by molar-refractivity contribution is -0.149. The number of thioether (sulfide) groups is 1. The Balaban J connectivity index is 3.53. The van der Waals surface area contributed by atoms with Crippen molar-refractivity contribution in [2.24, 2.45) is 0 Å². The smallest absolute Gasteiger partial charge is 0.408 e. The molecule has 1 aromatic rings. The quantitative estimate of drug-likeness (QED) is 0.354. The van der Waals surface area contributed by atoms with E-state index in [2.05, 4.69) is 10.6 Å². The Bertz CT molecular complexity index is 1000. The minimum Gasteiger partial charge on any atom is -0.466 e. The third-order valence-corrected chi connectivity index (χ3v) is 6.36. The van der Waals surface area contributed by atoms with Crippen molar-refractivity contribution >= 4 is 35.6 Å². The van der Waals surface area contributed by atoms with Crippen LogP contribution < -0.4 is 10.6 Å². The molecule has 0 heterocycles. The third-order valence-electron chi connectivity index (χ3n) is 5.72. The van der Waals surface area contributed by atoms with Gasteiger partial charge in [0, 0.05) is 12.1 Å². The van der Waals surface area contributed by atoms with Crippen LogP contribution in [0.5, 0.6) is 0 Å². The zero-order chi connectivity index (χ0) is 30.0. The van der Waals surface area contributed by atoms with Crippen molar-refractivity contribution in [3.8, 4) is 0 Å². The molecule has 0 saturated carbocycles. The Labute approximate surface area is 238 Å². The van der Waals surface area contributed by atoms with Gasteiger partial charge in [-0.25, -0.2) is 4.79 Å². The van der Waals surface area contributed by atoms with Crippen LogP contribution in [0.2, 0.25) is 0 Å². The molecular formula is C29H47N3O6S. The maximum Gasteiger partial charge on any atom is 0.408 e. The van der Waals surface area contributed by atoms with E-state index in [-0.39, 0.29) is 19.6 Å². The van der Waals surface area contributed by atoms with Gasteiger partial charge in [0.1, 0.15) is 17.7 Å². The molecule has 0 aliphatic rings. The van der Waals surface area contributed by atoms with E-state index in [1.165, 1.54) is 4.90 Å². The Kier molecular flexibility index (Phi) is 13.3. The zero-order valence-corrected chi connectivity index (χ0v) is 26.0. The number of benzene rings is 1. The number of carbonyl (C=O) groups is 4. The summed E-state index contributed by atoms with van der Waals surface area (Å²) in [6.07, 6.45) is 1.60. The molecule has 0 aliphatic heterocycles. The Morgan fingerprint density at radius 3 is 2.21 bits per heavy atom. The fourth-order valence-electron chi connectivity index (χ4n) is 4.10. The molecule has 0 radical (unpaired) electrons. The average molecular weight is 566 g/mol. The SMILES string of the molecule is CCOC(=O)CCNC(=O)C(c1ccc(C)cc1C)N(C(=O)C(CCSC)NC(=O)OC(C)(C)C)C(C)(C)C.